The molecule has 1 atom stereocenters. The molecule has 228 valence electrons. The Morgan fingerprint density at radius 3 is 1.44 bits per heavy atom. The molecular weight excluding hydrogens is 561 g/mol. The van der Waals surface area contributed by atoms with E-state index in [0.29, 0.717) is 48.8 Å². The first-order valence-corrected chi connectivity index (χ1v) is 14.7. The molecule has 2 aromatic carbocycles. The van der Waals surface area contributed by atoms with E-state index >= 15 is 0 Å². The van der Waals surface area contributed by atoms with Crippen molar-refractivity contribution in [2.24, 2.45) is 9.98 Å². The summed E-state index contributed by atoms with van der Waals surface area (Å²) in [7, 11) is 2.44. The monoisotopic (exact) mass is 602 g/mol. The average molecular weight is 603 g/mol. The fraction of sp³-hybridized carbons (Fsp3) is 0.533. The summed E-state index contributed by atoms with van der Waals surface area (Å²) in [5.41, 5.74) is 3.23. The largest absolute Gasteiger partial charge is 0.449 e. The number of nitrogens with zero attached hydrogens (tertiary/aromatic N) is 2. The molecular formula is C30H41F6N4P. The Bertz CT molecular complexity index is 1130. The number of halogens is 6. The summed E-state index contributed by atoms with van der Waals surface area (Å²) < 4.78 is 82.5. The van der Waals surface area contributed by atoms with Crippen LogP contribution in [0, 0.1) is 0 Å². The van der Waals surface area contributed by atoms with Gasteiger partial charge in [0.15, 0.2) is 0 Å². The molecule has 2 aromatic rings. The van der Waals surface area contributed by atoms with Crippen molar-refractivity contribution < 1.29 is 26.3 Å². The van der Waals surface area contributed by atoms with Gasteiger partial charge in [0.05, 0.1) is 5.69 Å². The van der Waals surface area contributed by atoms with Crippen LogP contribution in [0.2, 0.25) is 0 Å². The number of alkyl halides is 6. The molecule has 0 aliphatic carbocycles. The minimum atomic E-state index is -4.67. The zero-order valence-electron chi connectivity index (χ0n) is 24.0. The van der Waals surface area contributed by atoms with Gasteiger partial charge in [-0.1, -0.05) is 76.4 Å². The highest BCUT2D eigenvalue weighted by Crippen LogP contribution is 2.28. The van der Waals surface area contributed by atoms with Crippen molar-refractivity contribution in [2.45, 2.75) is 90.9 Å². The summed E-state index contributed by atoms with van der Waals surface area (Å²) in [4.78, 5) is 7.57. The van der Waals surface area contributed by atoms with E-state index in [1.165, 1.54) is 0 Å². The average Bonchev–Trinajstić information content (AvgIpc) is 2.88. The molecule has 11 heteroatoms. The maximum atomic E-state index is 13.8. The van der Waals surface area contributed by atoms with E-state index in [9.17, 15) is 26.3 Å². The number of para-hydroxylation sites is 2. The molecule has 0 aliphatic rings. The van der Waals surface area contributed by atoms with Crippen LogP contribution in [0.15, 0.2) is 46.4 Å². The highest BCUT2D eigenvalue weighted by molar-refractivity contribution is 7.28. The quantitative estimate of drug-likeness (QED) is 0.0748. The van der Waals surface area contributed by atoms with E-state index in [1.54, 1.807) is 18.2 Å². The predicted octanol–water partition coefficient (Wildman–Crippen LogP) is 8.66. The first-order valence-electron chi connectivity index (χ1n) is 14.2. The minimum absolute atomic E-state index is 0.101. The minimum Gasteiger partial charge on any atom is -0.336 e. The van der Waals surface area contributed by atoms with Gasteiger partial charge in [-0.3, -0.25) is 9.98 Å². The second-order valence-corrected chi connectivity index (χ2v) is 10.5. The molecule has 2 rings (SSSR count). The lowest BCUT2D eigenvalue weighted by Gasteiger charge is -2.19. The molecule has 1 unspecified atom stereocenters. The molecule has 0 spiro atoms. The fourth-order valence-electron chi connectivity index (χ4n) is 4.44. The van der Waals surface area contributed by atoms with Crippen molar-refractivity contribution in [2.75, 3.05) is 23.7 Å². The molecule has 41 heavy (non-hydrogen) atoms. The molecule has 2 N–H and O–H groups in total. The number of amidine groups is 2. The topological polar surface area (TPSA) is 48.8 Å². The standard InChI is InChI=1S/C30H41F6N4P/c1-4-12-21-15-10-16-22(13-5-2)25(21)39-27(29(31,32)33)37-19-8-7-9-20-38-28(30(34,35)36)40-26-23(14-6-3)17-11-18-24(26)41/h10-11,15-18H,4-9,12-14,19-20,41H2,1-3H3,(H,37,39)(H,38,40). The van der Waals surface area contributed by atoms with Crippen molar-refractivity contribution in [1.82, 2.24) is 0 Å². The first-order chi connectivity index (χ1) is 19.4. The van der Waals surface area contributed by atoms with Crippen LogP contribution in [0.25, 0.3) is 0 Å². The zero-order chi connectivity index (χ0) is 30.5. The number of benzene rings is 2. The highest BCUT2D eigenvalue weighted by atomic mass is 31.0. The Kier molecular flexibility index (Phi) is 14.1. The second kappa shape index (κ2) is 16.7. The summed E-state index contributed by atoms with van der Waals surface area (Å²) in [6.45, 7) is 5.68. The molecule has 0 aromatic heterocycles. The van der Waals surface area contributed by atoms with Gasteiger partial charge in [0.1, 0.15) is 0 Å². The summed E-state index contributed by atoms with van der Waals surface area (Å²) >= 11 is 0. The van der Waals surface area contributed by atoms with E-state index in [2.05, 4.69) is 29.9 Å². The van der Waals surface area contributed by atoms with Gasteiger partial charge >= 0.3 is 12.4 Å². The van der Waals surface area contributed by atoms with Crippen molar-refractivity contribution in [1.29, 1.82) is 0 Å². The van der Waals surface area contributed by atoms with E-state index in [0.717, 1.165) is 36.0 Å². The van der Waals surface area contributed by atoms with E-state index in [1.807, 2.05) is 39.0 Å². The van der Waals surface area contributed by atoms with Crippen LogP contribution < -0.4 is 15.9 Å². The third-order valence-corrected chi connectivity index (χ3v) is 6.84. The number of aliphatic imine (C=N–C) groups is 2. The van der Waals surface area contributed by atoms with Crippen LogP contribution in [0.4, 0.5) is 37.7 Å². The lowest BCUT2D eigenvalue weighted by Crippen LogP contribution is -2.32. The van der Waals surface area contributed by atoms with Crippen LogP contribution in [0.5, 0.6) is 0 Å². The van der Waals surface area contributed by atoms with Crippen LogP contribution in [0.3, 0.4) is 0 Å². The first kappa shape index (κ1) is 34.6. The molecule has 0 saturated heterocycles. The highest BCUT2D eigenvalue weighted by Gasteiger charge is 2.37. The van der Waals surface area contributed by atoms with Crippen LogP contribution in [-0.2, 0) is 19.3 Å². The Labute approximate surface area is 241 Å². The Morgan fingerprint density at radius 1 is 0.634 bits per heavy atom. The Hall–Kier alpha value is -2.61. The van der Waals surface area contributed by atoms with Gasteiger partial charge in [-0.15, -0.1) is 9.24 Å². The third-order valence-electron chi connectivity index (χ3n) is 6.36. The van der Waals surface area contributed by atoms with Gasteiger partial charge in [-0.25, -0.2) is 0 Å². The van der Waals surface area contributed by atoms with Gasteiger partial charge in [-0.2, -0.15) is 26.3 Å². The zero-order valence-corrected chi connectivity index (χ0v) is 25.1. The van der Waals surface area contributed by atoms with Gasteiger partial charge in [0.25, 0.3) is 0 Å². The van der Waals surface area contributed by atoms with Crippen LogP contribution in [0.1, 0.15) is 76.0 Å². The van der Waals surface area contributed by atoms with Gasteiger partial charge in [-0.05, 0) is 60.5 Å². The summed E-state index contributed by atoms with van der Waals surface area (Å²) in [6.07, 6.45) is -4.10. The molecule has 4 nitrogen and oxygen atoms in total. The number of anilines is 2. The SMILES string of the molecule is CCCc1cccc(P)c1NC(=NCCCCCN=C(Nc1c(CCC)cccc1CCC)C(F)(F)F)C(F)(F)F. The van der Waals surface area contributed by atoms with Gasteiger partial charge in [0.2, 0.25) is 11.7 Å². The van der Waals surface area contributed by atoms with Gasteiger partial charge in [0, 0.05) is 18.8 Å². The molecule has 0 fully saturated rings. The normalized spacial score (nSPS) is 13.0. The van der Waals surface area contributed by atoms with Crippen molar-refractivity contribution >= 4 is 37.6 Å². The summed E-state index contributed by atoms with van der Waals surface area (Å²) in [6, 6.07) is 10.8. The maximum absolute atomic E-state index is 13.8. The second-order valence-electron chi connectivity index (χ2n) is 9.85. The molecule has 0 radical (unpaired) electrons. The van der Waals surface area contributed by atoms with Crippen molar-refractivity contribution in [3.63, 3.8) is 0 Å². The smallest absolute Gasteiger partial charge is 0.336 e. The molecule has 0 amide bonds. The third kappa shape index (κ3) is 11.3. The number of aryl methyl sites for hydroxylation is 3. The Morgan fingerprint density at radius 2 is 1.02 bits per heavy atom. The Balaban J connectivity index is 2.05. The number of rotatable bonds is 14. The van der Waals surface area contributed by atoms with Crippen LogP contribution in [-0.4, -0.2) is 37.1 Å². The summed E-state index contributed by atoms with van der Waals surface area (Å²) in [5.74, 6) is -2.14. The van der Waals surface area contributed by atoms with Crippen LogP contribution >= 0.6 is 9.24 Å². The molecule has 0 bridgehead atoms. The number of unbranched alkanes of at least 4 members (excludes halogenated alkanes) is 2. The molecule has 0 saturated carbocycles. The number of hydrogen-bond donors (Lipinski definition) is 2. The van der Waals surface area contributed by atoms with Crippen molar-refractivity contribution in [3.05, 3.63) is 53.1 Å². The van der Waals surface area contributed by atoms with E-state index < -0.39 is 24.0 Å². The number of nitrogens with one attached hydrogen (secondary N) is 2. The maximum Gasteiger partial charge on any atom is 0.449 e. The van der Waals surface area contributed by atoms with Gasteiger partial charge < -0.3 is 10.6 Å². The molecule has 0 aliphatic heterocycles. The predicted molar refractivity (Wildman–Crippen MR) is 162 cm³/mol. The molecule has 0 heterocycles. The van der Waals surface area contributed by atoms with E-state index in [-0.39, 0.29) is 19.5 Å². The lowest BCUT2D eigenvalue weighted by molar-refractivity contribution is -0.0597. The number of hydrogen-bond acceptors (Lipinski definition) is 2. The van der Waals surface area contributed by atoms with E-state index in [4.69, 9.17) is 0 Å². The lowest BCUT2D eigenvalue weighted by atomic mass is 10.00. The summed E-state index contributed by atoms with van der Waals surface area (Å²) in [5, 5.41) is 5.65. The van der Waals surface area contributed by atoms with Crippen molar-refractivity contribution in [3.8, 4) is 0 Å². The fourth-order valence-corrected chi connectivity index (χ4v) is 4.81.